The molecule has 0 aliphatic rings. The van der Waals surface area contributed by atoms with Crippen LogP contribution in [0.1, 0.15) is 19.4 Å². The van der Waals surface area contributed by atoms with Gasteiger partial charge in [0.15, 0.2) is 5.96 Å². The highest BCUT2D eigenvalue weighted by atomic mass is 127. The molecule has 0 aromatic heterocycles. The molecule has 7 nitrogen and oxygen atoms in total. The highest BCUT2D eigenvalue weighted by molar-refractivity contribution is 14.0. The number of nitrogens with zero attached hydrogens (tertiary/aromatic N) is 2. The Morgan fingerprint density at radius 2 is 2.09 bits per heavy atom. The number of hydrogen-bond donors (Lipinski definition) is 2. The lowest BCUT2D eigenvalue weighted by Crippen LogP contribution is -2.45. The summed E-state index contributed by atoms with van der Waals surface area (Å²) in [6.45, 7) is 4.98. The molecule has 1 aromatic carbocycles. The number of nitro groups is 1. The number of methoxy groups -OCH3 is 1. The Morgan fingerprint density at radius 3 is 2.64 bits per heavy atom. The molecule has 0 unspecified atom stereocenters. The summed E-state index contributed by atoms with van der Waals surface area (Å²) in [6, 6.07) is 6.50. The zero-order chi connectivity index (χ0) is 15.9. The number of ether oxygens (including phenoxy) is 1. The van der Waals surface area contributed by atoms with Gasteiger partial charge in [-0.25, -0.2) is 0 Å². The molecule has 0 atom stereocenters. The molecule has 0 aliphatic carbocycles. The third kappa shape index (κ3) is 7.03. The van der Waals surface area contributed by atoms with Gasteiger partial charge in [-0.1, -0.05) is 12.1 Å². The molecule has 8 heteroatoms. The molecule has 2 N–H and O–H groups in total. The Bertz CT molecular complexity index is 521. The van der Waals surface area contributed by atoms with Gasteiger partial charge < -0.3 is 15.4 Å². The monoisotopic (exact) mass is 422 g/mol. The second-order valence-corrected chi connectivity index (χ2v) is 5.17. The Morgan fingerprint density at radius 1 is 1.41 bits per heavy atom. The van der Waals surface area contributed by atoms with Crippen molar-refractivity contribution in [3.63, 3.8) is 0 Å². The quantitative estimate of drug-likeness (QED) is 0.242. The van der Waals surface area contributed by atoms with E-state index in [4.69, 9.17) is 4.74 Å². The molecular weight excluding hydrogens is 399 g/mol. The van der Waals surface area contributed by atoms with Crippen molar-refractivity contribution in [1.29, 1.82) is 0 Å². The van der Waals surface area contributed by atoms with E-state index >= 15 is 0 Å². The van der Waals surface area contributed by atoms with Gasteiger partial charge in [-0.05, 0) is 19.4 Å². The number of rotatable bonds is 6. The molecule has 0 saturated carbocycles. The minimum Gasteiger partial charge on any atom is -0.377 e. The van der Waals surface area contributed by atoms with Gasteiger partial charge in [0, 0.05) is 39.4 Å². The predicted octanol–water partition coefficient (Wildman–Crippen LogP) is 2.30. The van der Waals surface area contributed by atoms with Crippen LogP contribution in [0.15, 0.2) is 29.3 Å². The van der Waals surface area contributed by atoms with Gasteiger partial charge in [0.1, 0.15) is 0 Å². The maximum absolute atomic E-state index is 10.7. The van der Waals surface area contributed by atoms with Crippen LogP contribution in [0.4, 0.5) is 5.69 Å². The standard InChI is InChI=1S/C14H22N4O3.HI/c1-14(2,21-4)10-17-13(15-3)16-9-11-6-5-7-12(8-11)18(19)20;/h5-8H,9-10H2,1-4H3,(H2,15,16,17);1H. The van der Waals surface area contributed by atoms with E-state index in [-0.39, 0.29) is 35.3 Å². The summed E-state index contributed by atoms with van der Waals surface area (Å²) in [6.07, 6.45) is 0. The Kier molecular flexibility index (Phi) is 8.95. The molecular formula is C14H23IN4O3. The van der Waals surface area contributed by atoms with Gasteiger partial charge in [0.05, 0.1) is 10.5 Å². The first-order chi connectivity index (χ1) is 9.88. The smallest absolute Gasteiger partial charge is 0.269 e. The highest BCUT2D eigenvalue weighted by Crippen LogP contribution is 2.12. The molecule has 0 radical (unpaired) electrons. The lowest BCUT2D eigenvalue weighted by molar-refractivity contribution is -0.384. The first-order valence-corrected chi connectivity index (χ1v) is 6.61. The van der Waals surface area contributed by atoms with Crippen LogP contribution in [-0.4, -0.2) is 37.2 Å². The maximum atomic E-state index is 10.7. The number of non-ortho nitro benzene ring substituents is 1. The third-order valence-corrected chi connectivity index (χ3v) is 3.04. The van der Waals surface area contributed by atoms with E-state index in [1.807, 2.05) is 19.9 Å². The predicted molar refractivity (Wildman–Crippen MR) is 97.8 cm³/mol. The molecule has 1 aromatic rings. The van der Waals surface area contributed by atoms with Crippen LogP contribution >= 0.6 is 24.0 Å². The lowest BCUT2D eigenvalue weighted by Gasteiger charge is -2.24. The van der Waals surface area contributed by atoms with Gasteiger partial charge >= 0.3 is 0 Å². The number of guanidine groups is 1. The van der Waals surface area contributed by atoms with E-state index in [9.17, 15) is 10.1 Å². The van der Waals surface area contributed by atoms with Crippen molar-refractivity contribution < 1.29 is 9.66 Å². The molecule has 1 rings (SSSR count). The summed E-state index contributed by atoms with van der Waals surface area (Å²) in [4.78, 5) is 14.4. The summed E-state index contributed by atoms with van der Waals surface area (Å²) < 4.78 is 5.32. The molecule has 0 spiro atoms. The number of nitrogens with one attached hydrogen (secondary N) is 2. The van der Waals surface area contributed by atoms with Crippen molar-refractivity contribution in [2.24, 2.45) is 4.99 Å². The average molecular weight is 422 g/mol. The zero-order valence-corrected chi connectivity index (χ0v) is 15.6. The first-order valence-electron chi connectivity index (χ1n) is 6.61. The summed E-state index contributed by atoms with van der Waals surface area (Å²) in [7, 11) is 3.32. The van der Waals surface area contributed by atoms with Crippen molar-refractivity contribution in [3.8, 4) is 0 Å². The van der Waals surface area contributed by atoms with Crippen LogP contribution in [0.5, 0.6) is 0 Å². The molecule has 0 aliphatic heterocycles. The summed E-state index contributed by atoms with van der Waals surface area (Å²) in [5.74, 6) is 0.617. The fourth-order valence-corrected chi connectivity index (χ4v) is 1.56. The second kappa shape index (κ2) is 9.57. The van der Waals surface area contributed by atoms with Gasteiger partial charge in [-0.3, -0.25) is 15.1 Å². The minimum atomic E-state index is -0.405. The van der Waals surface area contributed by atoms with Crippen molar-refractivity contribution in [1.82, 2.24) is 10.6 Å². The van der Waals surface area contributed by atoms with Gasteiger partial charge in [-0.2, -0.15) is 0 Å². The van der Waals surface area contributed by atoms with E-state index in [0.29, 0.717) is 19.0 Å². The highest BCUT2D eigenvalue weighted by Gasteiger charge is 2.16. The molecule has 22 heavy (non-hydrogen) atoms. The largest absolute Gasteiger partial charge is 0.377 e. The van der Waals surface area contributed by atoms with E-state index in [1.165, 1.54) is 6.07 Å². The van der Waals surface area contributed by atoms with Crippen LogP contribution in [0.2, 0.25) is 0 Å². The molecule has 124 valence electrons. The second-order valence-electron chi connectivity index (χ2n) is 5.17. The summed E-state index contributed by atoms with van der Waals surface area (Å²) >= 11 is 0. The summed E-state index contributed by atoms with van der Waals surface area (Å²) in [5, 5.41) is 17.0. The Hall–Kier alpha value is -1.42. The van der Waals surface area contributed by atoms with Crippen LogP contribution in [0, 0.1) is 10.1 Å². The van der Waals surface area contributed by atoms with Crippen LogP contribution in [-0.2, 0) is 11.3 Å². The van der Waals surface area contributed by atoms with Crippen LogP contribution < -0.4 is 10.6 Å². The summed E-state index contributed by atoms with van der Waals surface area (Å²) in [5.41, 5.74) is 0.597. The van der Waals surface area contributed by atoms with Crippen molar-refractivity contribution in [3.05, 3.63) is 39.9 Å². The van der Waals surface area contributed by atoms with Crippen LogP contribution in [0.3, 0.4) is 0 Å². The molecule has 0 bridgehead atoms. The SMILES string of the molecule is CN=C(NCc1cccc([N+](=O)[O-])c1)NCC(C)(C)OC.I. The molecule has 0 fully saturated rings. The Labute approximate surface area is 147 Å². The van der Waals surface area contributed by atoms with Gasteiger partial charge in [-0.15, -0.1) is 24.0 Å². The van der Waals surface area contributed by atoms with Crippen LogP contribution in [0.25, 0.3) is 0 Å². The third-order valence-electron chi connectivity index (χ3n) is 3.04. The van der Waals surface area contributed by atoms with Crippen molar-refractivity contribution in [2.75, 3.05) is 20.7 Å². The fraction of sp³-hybridized carbons (Fsp3) is 0.500. The zero-order valence-electron chi connectivity index (χ0n) is 13.3. The van der Waals surface area contributed by atoms with E-state index in [0.717, 1.165) is 5.56 Å². The van der Waals surface area contributed by atoms with Crippen molar-refractivity contribution in [2.45, 2.75) is 26.0 Å². The van der Waals surface area contributed by atoms with E-state index < -0.39 is 4.92 Å². The van der Waals surface area contributed by atoms with E-state index in [2.05, 4.69) is 15.6 Å². The van der Waals surface area contributed by atoms with E-state index in [1.54, 1.807) is 26.3 Å². The normalized spacial score (nSPS) is 11.5. The first kappa shape index (κ1) is 20.6. The lowest BCUT2D eigenvalue weighted by atomic mass is 10.1. The number of halogens is 1. The van der Waals surface area contributed by atoms with Gasteiger partial charge in [0.25, 0.3) is 5.69 Å². The average Bonchev–Trinajstić information content (AvgIpc) is 2.47. The Balaban J connectivity index is 0.00000441. The molecule has 0 saturated heterocycles. The maximum Gasteiger partial charge on any atom is 0.269 e. The fourth-order valence-electron chi connectivity index (χ4n) is 1.56. The number of nitro benzene ring substituents is 1. The number of benzene rings is 1. The molecule has 0 heterocycles. The van der Waals surface area contributed by atoms with Gasteiger partial charge in [0.2, 0.25) is 0 Å². The van der Waals surface area contributed by atoms with Crippen molar-refractivity contribution >= 4 is 35.6 Å². The topological polar surface area (TPSA) is 88.8 Å². The number of aliphatic imine (C=N–C) groups is 1. The molecule has 0 amide bonds. The minimum absolute atomic E-state index is 0. The number of hydrogen-bond acceptors (Lipinski definition) is 4.